The van der Waals surface area contributed by atoms with Gasteiger partial charge in [-0.2, -0.15) is 0 Å². The number of nitrogens with two attached hydrogens (primary N) is 1. The van der Waals surface area contributed by atoms with E-state index in [0.29, 0.717) is 16.3 Å². The number of carbonyl (C=O) groups excluding carboxylic acids is 1. The van der Waals surface area contributed by atoms with Crippen LogP contribution in [0.3, 0.4) is 0 Å². The second-order valence-corrected chi connectivity index (χ2v) is 5.37. The fourth-order valence-corrected chi connectivity index (χ4v) is 2.20. The van der Waals surface area contributed by atoms with Gasteiger partial charge in [-0.15, -0.1) is 0 Å². The zero-order valence-electron chi connectivity index (χ0n) is 10.2. The van der Waals surface area contributed by atoms with Gasteiger partial charge in [-0.1, -0.05) is 11.6 Å². The molecule has 3 nitrogen and oxygen atoms in total. The topological polar surface area (TPSA) is 55.1 Å². The first-order chi connectivity index (χ1) is 8.97. The number of carbonyl (C=O) groups is 1. The Morgan fingerprint density at radius 3 is 2.42 bits per heavy atom. The third-order valence-corrected chi connectivity index (χ3v) is 3.85. The highest BCUT2D eigenvalue weighted by Crippen LogP contribution is 2.28. The fraction of sp³-hybridized carbons (Fsp3) is 0.0714. The van der Waals surface area contributed by atoms with E-state index in [2.05, 4.69) is 21.2 Å². The van der Waals surface area contributed by atoms with Crippen LogP contribution in [0.5, 0.6) is 0 Å². The van der Waals surface area contributed by atoms with Gasteiger partial charge in [0.1, 0.15) is 0 Å². The number of benzene rings is 2. The monoisotopic (exact) mass is 338 g/mol. The van der Waals surface area contributed by atoms with E-state index in [1.807, 2.05) is 18.2 Å². The summed E-state index contributed by atoms with van der Waals surface area (Å²) in [6, 6.07) is 10.8. The van der Waals surface area contributed by atoms with Crippen LogP contribution in [-0.4, -0.2) is 5.78 Å². The lowest BCUT2D eigenvalue weighted by Gasteiger charge is -2.10. The maximum Gasteiger partial charge on any atom is 0.161 e. The number of rotatable bonds is 3. The molecule has 2 aromatic rings. The minimum atomic E-state index is -0.0433. The summed E-state index contributed by atoms with van der Waals surface area (Å²) in [5, 5.41) is 3.85. The summed E-state index contributed by atoms with van der Waals surface area (Å²) in [5.41, 5.74) is 8.53. The Labute approximate surface area is 124 Å². The summed E-state index contributed by atoms with van der Waals surface area (Å²) in [6.07, 6.45) is 0. The number of hydrogen-bond donors (Lipinski definition) is 2. The highest BCUT2D eigenvalue weighted by atomic mass is 79.9. The average molecular weight is 340 g/mol. The van der Waals surface area contributed by atoms with Gasteiger partial charge < -0.3 is 11.1 Å². The van der Waals surface area contributed by atoms with Gasteiger partial charge in [-0.05, 0) is 59.3 Å². The van der Waals surface area contributed by atoms with E-state index < -0.39 is 0 Å². The molecule has 0 amide bonds. The van der Waals surface area contributed by atoms with Crippen molar-refractivity contribution in [1.29, 1.82) is 0 Å². The minimum Gasteiger partial charge on any atom is -0.398 e. The van der Waals surface area contributed by atoms with Crippen LogP contribution in [0.4, 0.5) is 17.1 Å². The molecule has 98 valence electrons. The van der Waals surface area contributed by atoms with Gasteiger partial charge in [0.2, 0.25) is 0 Å². The lowest BCUT2D eigenvalue weighted by molar-refractivity contribution is 0.101. The molecule has 5 heteroatoms. The second kappa shape index (κ2) is 5.63. The summed E-state index contributed by atoms with van der Waals surface area (Å²) in [7, 11) is 0. The maximum atomic E-state index is 11.3. The molecule has 0 aliphatic carbocycles. The Hall–Kier alpha value is -1.52. The van der Waals surface area contributed by atoms with Gasteiger partial charge in [-0.3, -0.25) is 4.79 Å². The largest absolute Gasteiger partial charge is 0.398 e. The molecule has 2 aromatic carbocycles. The first-order valence-corrected chi connectivity index (χ1v) is 6.77. The molecule has 2 rings (SSSR count). The summed E-state index contributed by atoms with van der Waals surface area (Å²) in [5.74, 6) is -0.0433. The summed E-state index contributed by atoms with van der Waals surface area (Å²) in [4.78, 5) is 11.3. The molecule has 19 heavy (non-hydrogen) atoms. The number of halogens is 2. The number of nitrogen functional groups attached to an aromatic ring is 1. The molecule has 0 saturated heterocycles. The Morgan fingerprint density at radius 1 is 1.21 bits per heavy atom. The molecule has 3 N–H and O–H groups in total. The van der Waals surface area contributed by atoms with Crippen molar-refractivity contribution in [3.63, 3.8) is 0 Å². The molecular weight excluding hydrogens is 328 g/mol. The Bertz CT molecular complexity index is 643. The van der Waals surface area contributed by atoms with Crippen LogP contribution in [-0.2, 0) is 0 Å². The molecule has 0 saturated carbocycles. The SMILES string of the molecule is CC(=O)c1ccc(Nc2ccc(Cl)c(Br)c2)cc1N. The second-order valence-electron chi connectivity index (χ2n) is 4.11. The molecule has 0 spiro atoms. The van der Waals surface area contributed by atoms with Crippen LogP contribution < -0.4 is 11.1 Å². The molecule has 0 radical (unpaired) electrons. The van der Waals surface area contributed by atoms with Crippen LogP contribution in [0.25, 0.3) is 0 Å². The molecular formula is C14H12BrClN2O. The molecule has 0 unspecified atom stereocenters. The lowest BCUT2D eigenvalue weighted by atomic mass is 10.1. The summed E-state index contributed by atoms with van der Waals surface area (Å²) >= 11 is 9.30. The number of ketones is 1. The predicted molar refractivity (Wildman–Crippen MR) is 83.3 cm³/mol. The van der Waals surface area contributed by atoms with Gasteiger partial charge in [0.15, 0.2) is 5.78 Å². The molecule has 0 aliphatic rings. The molecule has 0 bridgehead atoms. The van der Waals surface area contributed by atoms with Crippen LogP contribution in [0.1, 0.15) is 17.3 Å². The minimum absolute atomic E-state index is 0.0433. The van der Waals surface area contributed by atoms with Gasteiger partial charge >= 0.3 is 0 Å². The van der Waals surface area contributed by atoms with Crippen molar-refractivity contribution in [1.82, 2.24) is 0 Å². The zero-order chi connectivity index (χ0) is 14.0. The van der Waals surface area contributed by atoms with E-state index in [1.54, 1.807) is 18.2 Å². The van der Waals surface area contributed by atoms with Crippen molar-refractivity contribution >= 4 is 50.4 Å². The first-order valence-electron chi connectivity index (χ1n) is 5.60. The van der Waals surface area contributed by atoms with Gasteiger partial charge in [-0.25, -0.2) is 0 Å². The molecule has 0 heterocycles. The Kier molecular flexibility index (Phi) is 4.12. The highest BCUT2D eigenvalue weighted by molar-refractivity contribution is 9.10. The summed E-state index contributed by atoms with van der Waals surface area (Å²) in [6.45, 7) is 1.50. The molecule has 0 aromatic heterocycles. The van der Waals surface area contributed by atoms with E-state index in [0.717, 1.165) is 15.8 Å². The third-order valence-electron chi connectivity index (χ3n) is 2.64. The lowest BCUT2D eigenvalue weighted by Crippen LogP contribution is -2.00. The van der Waals surface area contributed by atoms with Crippen LogP contribution in [0.15, 0.2) is 40.9 Å². The van der Waals surface area contributed by atoms with Crippen molar-refractivity contribution in [2.24, 2.45) is 0 Å². The van der Waals surface area contributed by atoms with Crippen LogP contribution >= 0.6 is 27.5 Å². The van der Waals surface area contributed by atoms with E-state index in [4.69, 9.17) is 17.3 Å². The first kappa shape index (κ1) is 13.9. The van der Waals surface area contributed by atoms with Gasteiger partial charge in [0, 0.05) is 27.1 Å². The average Bonchev–Trinajstić information content (AvgIpc) is 2.33. The van der Waals surface area contributed by atoms with Crippen molar-refractivity contribution in [2.45, 2.75) is 6.92 Å². The smallest absolute Gasteiger partial charge is 0.161 e. The van der Waals surface area contributed by atoms with Crippen molar-refractivity contribution in [3.05, 3.63) is 51.5 Å². The zero-order valence-corrected chi connectivity index (χ0v) is 12.5. The van der Waals surface area contributed by atoms with E-state index in [-0.39, 0.29) is 5.78 Å². The normalized spacial score (nSPS) is 10.3. The summed E-state index contributed by atoms with van der Waals surface area (Å²) < 4.78 is 0.812. The predicted octanol–water partition coefficient (Wildman–Crippen LogP) is 4.63. The van der Waals surface area contributed by atoms with Crippen molar-refractivity contribution < 1.29 is 4.79 Å². The van der Waals surface area contributed by atoms with E-state index in [1.165, 1.54) is 6.92 Å². The van der Waals surface area contributed by atoms with E-state index in [9.17, 15) is 4.79 Å². The standard InChI is InChI=1S/C14H12BrClN2O/c1-8(19)11-4-2-10(7-14(11)17)18-9-3-5-13(16)12(15)6-9/h2-7,18H,17H2,1H3. The quantitative estimate of drug-likeness (QED) is 0.633. The molecule has 0 atom stereocenters. The number of nitrogens with one attached hydrogen (secondary N) is 1. The van der Waals surface area contributed by atoms with Crippen molar-refractivity contribution in [2.75, 3.05) is 11.1 Å². The fourth-order valence-electron chi connectivity index (χ4n) is 1.70. The third kappa shape index (κ3) is 3.28. The van der Waals surface area contributed by atoms with Gasteiger partial charge in [0.25, 0.3) is 0 Å². The van der Waals surface area contributed by atoms with Crippen LogP contribution in [0, 0.1) is 0 Å². The Morgan fingerprint density at radius 2 is 1.84 bits per heavy atom. The number of Topliss-reactive ketones (excluding diaryl/α,β-unsaturated/α-hetero) is 1. The molecule has 0 aliphatic heterocycles. The van der Waals surface area contributed by atoms with Crippen LogP contribution in [0.2, 0.25) is 5.02 Å². The Balaban J connectivity index is 2.26. The van der Waals surface area contributed by atoms with E-state index >= 15 is 0 Å². The molecule has 0 fully saturated rings. The maximum absolute atomic E-state index is 11.3. The number of hydrogen-bond acceptors (Lipinski definition) is 3. The van der Waals surface area contributed by atoms with Gasteiger partial charge in [0.05, 0.1) is 5.02 Å². The van der Waals surface area contributed by atoms with Crippen molar-refractivity contribution in [3.8, 4) is 0 Å². The number of anilines is 3. The highest BCUT2D eigenvalue weighted by Gasteiger charge is 2.06.